The summed E-state index contributed by atoms with van der Waals surface area (Å²) in [6.45, 7) is 7.88. The van der Waals surface area contributed by atoms with E-state index in [1.54, 1.807) is 34.9 Å². The molecular formula is C25H32Cl2N2O2S. The van der Waals surface area contributed by atoms with Gasteiger partial charge in [0.1, 0.15) is 6.04 Å². The van der Waals surface area contributed by atoms with Gasteiger partial charge in [0.15, 0.2) is 0 Å². The van der Waals surface area contributed by atoms with E-state index in [4.69, 9.17) is 23.2 Å². The summed E-state index contributed by atoms with van der Waals surface area (Å²) in [4.78, 5) is 28.0. The molecule has 0 radical (unpaired) electrons. The zero-order valence-electron chi connectivity index (χ0n) is 19.2. The number of hydrogen-bond donors (Lipinski definition) is 1. The van der Waals surface area contributed by atoms with Crippen LogP contribution in [-0.2, 0) is 21.9 Å². The van der Waals surface area contributed by atoms with Gasteiger partial charge in [-0.2, -0.15) is 11.8 Å². The minimum atomic E-state index is -0.604. The van der Waals surface area contributed by atoms with Crippen molar-refractivity contribution < 1.29 is 9.59 Å². The van der Waals surface area contributed by atoms with E-state index in [2.05, 4.69) is 17.4 Å². The van der Waals surface area contributed by atoms with E-state index in [-0.39, 0.29) is 18.4 Å². The summed E-state index contributed by atoms with van der Waals surface area (Å²) in [6.07, 6.45) is 0.825. The van der Waals surface area contributed by atoms with Gasteiger partial charge in [0, 0.05) is 45.6 Å². The molecule has 0 fully saturated rings. The topological polar surface area (TPSA) is 49.4 Å². The molecule has 4 nitrogen and oxygen atoms in total. The Hall–Kier alpha value is -1.69. The largest absolute Gasteiger partial charge is 0.350 e. The van der Waals surface area contributed by atoms with Crippen LogP contribution in [-0.4, -0.2) is 34.0 Å². The molecule has 0 aromatic heterocycles. The first-order valence-corrected chi connectivity index (χ1v) is 12.7. The van der Waals surface area contributed by atoms with Crippen molar-refractivity contribution in [3.8, 4) is 0 Å². The van der Waals surface area contributed by atoms with Crippen molar-refractivity contribution in [3.63, 3.8) is 0 Å². The second-order valence-electron chi connectivity index (χ2n) is 8.67. The van der Waals surface area contributed by atoms with Gasteiger partial charge >= 0.3 is 0 Å². The lowest BCUT2D eigenvalue weighted by Gasteiger charge is -2.33. The Bertz CT molecular complexity index is 880. The summed E-state index contributed by atoms with van der Waals surface area (Å²) in [6, 6.07) is 14.8. The van der Waals surface area contributed by atoms with Crippen molar-refractivity contribution in [2.24, 2.45) is 0 Å². The van der Waals surface area contributed by atoms with E-state index in [0.29, 0.717) is 34.2 Å². The van der Waals surface area contributed by atoms with Crippen LogP contribution in [0.3, 0.4) is 0 Å². The molecule has 0 saturated heterocycles. The normalized spacial score (nSPS) is 12.3. The first kappa shape index (κ1) is 26.6. The third kappa shape index (κ3) is 8.34. The van der Waals surface area contributed by atoms with E-state index >= 15 is 0 Å². The molecule has 2 aromatic carbocycles. The second-order valence-corrected chi connectivity index (χ2v) is 10.6. The maximum absolute atomic E-state index is 13.3. The number of carbonyl (C=O) groups excluding carboxylic acids is 2. The van der Waals surface area contributed by atoms with Gasteiger partial charge in [0.2, 0.25) is 11.8 Å². The number of benzene rings is 2. The molecule has 0 heterocycles. The molecule has 2 aromatic rings. The van der Waals surface area contributed by atoms with Crippen molar-refractivity contribution in [1.82, 2.24) is 10.2 Å². The van der Waals surface area contributed by atoms with Crippen LogP contribution < -0.4 is 5.32 Å². The van der Waals surface area contributed by atoms with E-state index in [1.807, 2.05) is 45.9 Å². The van der Waals surface area contributed by atoms with Gasteiger partial charge in [-0.3, -0.25) is 9.59 Å². The number of rotatable bonds is 10. The molecule has 2 amide bonds. The van der Waals surface area contributed by atoms with Crippen molar-refractivity contribution in [3.05, 3.63) is 69.7 Å². The molecule has 0 aliphatic carbocycles. The van der Waals surface area contributed by atoms with E-state index in [9.17, 15) is 9.59 Å². The minimum Gasteiger partial charge on any atom is -0.350 e. The number of thioether (sulfide) groups is 1. The van der Waals surface area contributed by atoms with Crippen LogP contribution in [0.25, 0.3) is 0 Å². The van der Waals surface area contributed by atoms with Crippen LogP contribution in [0.2, 0.25) is 10.0 Å². The zero-order valence-corrected chi connectivity index (χ0v) is 21.5. The highest BCUT2D eigenvalue weighted by Crippen LogP contribution is 2.27. The number of carbonyl (C=O) groups is 2. The molecule has 32 heavy (non-hydrogen) atoms. The van der Waals surface area contributed by atoms with Gasteiger partial charge in [-0.15, -0.1) is 0 Å². The molecule has 0 aliphatic rings. The molecular weight excluding hydrogens is 463 g/mol. The molecule has 0 saturated carbocycles. The van der Waals surface area contributed by atoms with Crippen LogP contribution >= 0.6 is 35.0 Å². The smallest absolute Gasteiger partial charge is 0.243 e. The number of hydrogen-bond acceptors (Lipinski definition) is 3. The Morgan fingerprint density at radius 3 is 2.22 bits per heavy atom. The van der Waals surface area contributed by atoms with Crippen LogP contribution in [0.1, 0.15) is 51.7 Å². The Balaban J connectivity index is 2.16. The van der Waals surface area contributed by atoms with Crippen molar-refractivity contribution >= 4 is 46.8 Å². The third-order valence-electron chi connectivity index (χ3n) is 4.85. The van der Waals surface area contributed by atoms with Gasteiger partial charge in [-0.1, -0.05) is 66.5 Å². The van der Waals surface area contributed by atoms with Gasteiger partial charge in [0.05, 0.1) is 0 Å². The fourth-order valence-electron chi connectivity index (χ4n) is 3.29. The molecule has 2 rings (SSSR count). The molecule has 0 aliphatic heterocycles. The molecule has 7 heteroatoms. The van der Waals surface area contributed by atoms with Gasteiger partial charge in [0.25, 0.3) is 0 Å². The second kappa shape index (κ2) is 12.5. The minimum absolute atomic E-state index is 0.0857. The van der Waals surface area contributed by atoms with Gasteiger partial charge in [-0.25, -0.2) is 0 Å². The van der Waals surface area contributed by atoms with Crippen LogP contribution in [0, 0.1) is 0 Å². The fraction of sp³-hybridized carbons (Fsp3) is 0.440. The van der Waals surface area contributed by atoms with Gasteiger partial charge < -0.3 is 10.2 Å². The first-order valence-electron chi connectivity index (χ1n) is 10.8. The lowest BCUT2D eigenvalue weighted by atomic mass is 10.1. The van der Waals surface area contributed by atoms with Crippen molar-refractivity contribution in [2.45, 2.75) is 64.4 Å². The predicted octanol–water partition coefficient (Wildman–Crippen LogP) is 6.34. The average Bonchev–Trinajstić information content (AvgIpc) is 2.72. The summed E-state index contributed by atoms with van der Waals surface area (Å²) in [5.74, 6) is 1.25. The summed E-state index contributed by atoms with van der Waals surface area (Å²) in [5, 5.41) is 3.98. The number of nitrogens with zero attached hydrogens (tertiary/aromatic N) is 1. The fourth-order valence-corrected chi connectivity index (χ4v) is 4.70. The molecule has 174 valence electrons. The van der Waals surface area contributed by atoms with E-state index in [0.717, 1.165) is 5.75 Å². The molecule has 1 unspecified atom stereocenters. The predicted molar refractivity (Wildman–Crippen MR) is 136 cm³/mol. The SMILES string of the molecule is CCC(C(=O)NC(C)(C)C)N(Cc1c(Cl)cccc1Cl)C(=O)CCSCc1ccccc1. The number of amides is 2. The lowest BCUT2D eigenvalue weighted by molar-refractivity contribution is -0.141. The number of nitrogens with one attached hydrogen (secondary N) is 1. The Morgan fingerprint density at radius 2 is 1.66 bits per heavy atom. The van der Waals surface area contributed by atoms with Crippen LogP contribution in [0.15, 0.2) is 48.5 Å². The van der Waals surface area contributed by atoms with Crippen molar-refractivity contribution in [2.75, 3.05) is 5.75 Å². The zero-order chi connectivity index (χ0) is 23.7. The first-order chi connectivity index (χ1) is 15.1. The monoisotopic (exact) mass is 494 g/mol. The maximum atomic E-state index is 13.3. The summed E-state index contributed by atoms with van der Waals surface area (Å²) in [7, 11) is 0. The van der Waals surface area contributed by atoms with Crippen molar-refractivity contribution in [1.29, 1.82) is 0 Å². The number of halogens is 2. The summed E-state index contributed by atoms with van der Waals surface area (Å²) >= 11 is 14.5. The van der Waals surface area contributed by atoms with Gasteiger partial charge in [-0.05, 0) is 44.9 Å². The van der Waals surface area contributed by atoms with E-state index in [1.165, 1.54) is 5.56 Å². The Kier molecular flexibility index (Phi) is 10.4. The molecule has 0 bridgehead atoms. The average molecular weight is 496 g/mol. The Labute approximate surface area is 206 Å². The summed E-state index contributed by atoms with van der Waals surface area (Å²) in [5.41, 5.74) is 1.48. The third-order valence-corrected chi connectivity index (χ3v) is 6.58. The highest BCUT2D eigenvalue weighted by molar-refractivity contribution is 7.98. The molecule has 0 spiro atoms. The summed E-state index contributed by atoms with van der Waals surface area (Å²) < 4.78 is 0. The Morgan fingerprint density at radius 1 is 1.03 bits per heavy atom. The highest BCUT2D eigenvalue weighted by Gasteiger charge is 2.31. The lowest BCUT2D eigenvalue weighted by Crippen LogP contribution is -2.53. The maximum Gasteiger partial charge on any atom is 0.243 e. The van der Waals surface area contributed by atoms with Crippen LogP contribution in [0.5, 0.6) is 0 Å². The highest BCUT2D eigenvalue weighted by atomic mass is 35.5. The molecule has 1 atom stereocenters. The standard InChI is InChI=1S/C25H32Cl2N2O2S/c1-5-22(24(31)28-25(2,3)4)29(16-19-20(26)12-9-13-21(19)27)23(30)14-15-32-17-18-10-7-6-8-11-18/h6-13,22H,5,14-17H2,1-4H3,(H,28,31). The quantitative estimate of drug-likeness (QED) is 0.392. The molecule has 1 N–H and O–H groups in total. The van der Waals surface area contributed by atoms with E-state index < -0.39 is 11.6 Å². The van der Waals surface area contributed by atoms with Crippen LogP contribution in [0.4, 0.5) is 0 Å².